The van der Waals surface area contributed by atoms with Crippen molar-refractivity contribution in [2.75, 3.05) is 0 Å². The van der Waals surface area contributed by atoms with Gasteiger partial charge in [0.15, 0.2) is 0 Å². The number of nitriles is 1. The first kappa shape index (κ1) is 10.7. The summed E-state index contributed by atoms with van der Waals surface area (Å²) in [4.78, 5) is 9.93. The summed E-state index contributed by atoms with van der Waals surface area (Å²) in [6, 6.07) is 10.3. The molecule has 17 heavy (non-hydrogen) atoms. The van der Waals surface area contributed by atoms with E-state index in [0.717, 1.165) is 0 Å². The lowest BCUT2D eigenvalue weighted by Gasteiger charge is -2.00. The molecule has 0 saturated heterocycles. The predicted molar refractivity (Wildman–Crippen MR) is 56.6 cm³/mol. The van der Waals surface area contributed by atoms with Gasteiger partial charge < -0.3 is 9.15 Å². The van der Waals surface area contributed by atoms with Crippen LogP contribution in [-0.4, -0.2) is 4.92 Å². The predicted octanol–water partition coefficient (Wildman–Crippen LogP) is 2.85. The monoisotopic (exact) mass is 230 g/mol. The van der Waals surface area contributed by atoms with Gasteiger partial charge in [-0.25, -0.2) is 0 Å². The van der Waals surface area contributed by atoms with E-state index in [-0.39, 0.29) is 17.4 Å². The number of rotatable bonds is 3. The molecular formula is C11H6N2O4. The number of nitro groups is 1. The Labute approximate surface area is 95.8 Å². The molecule has 0 N–H and O–H groups in total. The highest BCUT2D eigenvalue weighted by Crippen LogP contribution is 2.25. The summed E-state index contributed by atoms with van der Waals surface area (Å²) in [5.74, 6) is 0.701. The summed E-state index contributed by atoms with van der Waals surface area (Å²) in [5.41, 5.74) is -0.0190. The zero-order chi connectivity index (χ0) is 12.3. The van der Waals surface area contributed by atoms with Crippen molar-refractivity contribution in [2.24, 2.45) is 0 Å². The van der Waals surface area contributed by atoms with Gasteiger partial charge in [-0.15, -0.1) is 0 Å². The minimum Gasteiger partial charge on any atom is -0.426 e. The molecule has 1 aromatic heterocycles. The van der Waals surface area contributed by atoms with Crippen molar-refractivity contribution in [1.29, 1.82) is 5.26 Å². The van der Waals surface area contributed by atoms with Gasteiger partial charge in [0.1, 0.15) is 11.8 Å². The zero-order valence-electron chi connectivity index (χ0n) is 8.49. The van der Waals surface area contributed by atoms with Crippen LogP contribution in [0.5, 0.6) is 11.7 Å². The Bertz CT molecular complexity index is 580. The number of ether oxygens (including phenoxy) is 1. The summed E-state index contributed by atoms with van der Waals surface area (Å²) in [7, 11) is 0. The molecule has 2 aromatic rings. The SMILES string of the molecule is N#Cc1ccc(Oc2ccc([N+](=O)[O-])cc2)o1. The smallest absolute Gasteiger partial charge is 0.291 e. The molecule has 2 rings (SSSR count). The van der Waals surface area contributed by atoms with Gasteiger partial charge in [0, 0.05) is 18.2 Å². The Kier molecular flexibility index (Phi) is 2.75. The van der Waals surface area contributed by atoms with Crippen LogP contribution in [0.25, 0.3) is 0 Å². The Hall–Kier alpha value is -2.81. The van der Waals surface area contributed by atoms with Crippen LogP contribution in [0.2, 0.25) is 0 Å². The van der Waals surface area contributed by atoms with Crippen molar-refractivity contribution in [3.63, 3.8) is 0 Å². The second-order valence-corrected chi connectivity index (χ2v) is 3.08. The Balaban J connectivity index is 2.14. The summed E-state index contributed by atoms with van der Waals surface area (Å²) < 4.78 is 10.3. The van der Waals surface area contributed by atoms with E-state index in [0.29, 0.717) is 5.75 Å². The van der Waals surface area contributed by atoms with Gasteiger partial charge in [-0.2, -0.15) is 5.26 Å². The quantitative estimate of drug-likeness (QED) is 0.597. The number of nitro benzene ring substituents is 1. The van der Waals surface area contributed by atoms with Crippen LogP contribution in [0.15, 0.2) is 40.8 Å². The van der Waals surface area contributed by atoms with E-state index in [9.17, 15) is 10.1 Å². The minimum absolute atomic E-state index is 0.0190. The molecule has 0 bridgehead atoms. The summed E-state index contributed by atoms with van der Waals surface area (Å²) in [6.45, 7) is 0. The molecule has 0 fully saturated rings. The van der Waals surface area contributed by atoms with Crippen molar-refractivity contribution in [2.45, 2.75) is 0 Å². The maximum absolute atomic E-state index is 10.4. The van der Waals surface area contributed by atoms with Crippen LogP contribution in [0.1, 0.15) is 5.76 Å². The first-order valence-corrected chi connectivity index (χ1v) is 4.61. The fourth-order valence-corrected chi connectivity index (χ4v) is 1.19. The fraction of sp³-hybridized carbons (Fsp3) is 0. The van der Waals surface area contributed by atoms with Crippen molar-refractivity contribution in [1.82, 2.24) is 0 Å². The van der Waals surface area contributed by atoms with E-state index in [1.54, 1.807) is 0 Å². The Morgan fingerprint density at radius 1 is 1.24 bits per heavy atom. The fourth-order valence-electron chi connectivity index (χ4n) is 1.19. The normalized spacial score (nSPS) is 9.59. The summed E-state index contributed by atoms with van der Waals surface area (Å²) in [6.07, 6.45) is 0. The molecule has 0 aliphatic heterocycles. The number of non-ortho nitro benzene ring substituents is 1. The molecule has 0 saturated carbocycles. The van der Waals surface area contributed by atoms with Gasteiger partial charge in [0.25, 0.3) is 11.6 Å². The zero-order valence-corrected chi connectivity index (χ0v) is 8.49. The number of hydrogen-bond acceptors (Lipinski definition) is 5. The van der Waals surface area contributed by atoms with Gasteiger partial charge >= 0.3 is 0 Å². The number of benzene rings is 1. The molecule has 0 aliphatic rings. The summed E-state index contributed by atoms with van der Waals surface area (Å²) >= 11 is 0. The molecule has 0 radical (unpaired) electrons. The van der Waals surface area contributed by atoms with E-state index < -0.39 is 4.92 Å². The van der Waals surface area contributed by atoms with Gasteiger partial charge in [-0.3, -0.25) is 10.1 Å². The highest BCUT2D eigenvalue weighted by Gasteiger charge is 2.07. The van der Waals surface area contributed by atoms with E-state index in [1.165, 1.54) is 36.4 Å². The molecule has 1 heterocycles. The van der Waals surface area contributed by atoms with Gasteiger partial charge in [-0.1, -0.05) is 0 Å². The first-order chi connectivity index (χ1) is 8.19. The second-order valence-electron chi connectivity index (χ2n) is 3.08. The molecule has 0 aliphatic carbocycles. The van der Waals surface area contributed by atoms with Gasteiger partial charge in [0.2, 0.25) is 5.76 Å². The number of hydrogen-bond donors (Lipinski definition) is 0. The molecule has 0 amide bonds. The molecule has 84 valence electrons. The van der Waals surface area contributed by atoms with E-state index >= 15 is 0 Å². The summed E-state index contributed by atoms with van der Waals surface area (Å²) in [5, 5.41) is 19.0. The third kappa shape index (κ3) is 2.41. The first-order valence-electron chi connectivity index (χ1n) is 4.61. The van der Waals surface area contributed by atoms with Crippen LogP contribution in [-0.2, 0) is 0 Å². The van der Waals surface area contributed by atoms with Crippen LogP contribution < -0.4 is 4.74 Å². The average Bonchev–Trinajstić information content (AvgIpc) is 2.77. The highest BCUT2D eigenvalue weighted by atomic mass is 16.6. The Morgan fingerprint density at radius 2 is 1.94 bits per heavy atom. The van der Waals surface area contributed by atoms with Crippen molar-refractivity contribution >= 4 is 5.69 Å². The van der Waals surface area contributed by atoms with Gasteiger partial charge in [0.05, 0.1) is 4.92 Å². The van der Waals surface area contributed by atoms with Crippen molar-refractivity contribution in [3.8, 4) is 17.8 Å². The molecular weight excluding hydrogens is 224 g/mol. The number of nitrogens with zero attached hydrogens (tertiary/aromatic N) is 2. The third-order valence-corrected chi connectivity index (χ3v) is 1.96. The standard InChI is InChI=1S/C11H6N2O4/c12-7-10-5-6-11(17-10)16-9-3-1-8(2-4-9)13(14)15/h1-6H. The molecule has 6 heteroatoms. The second kappa shape index (κ2) is 4.37. The van der Waals surface area contributed by atoms with Crippen LogP contribution in [0.4, 0.5) is 5.69 Å². The number of furan rings is 1. The van der Waals surface area contributed by atoms with Crippen molar-refractivity contribution < 1.29 is 14.1 Å². The Morgan fingerprint density at radius 3 is 2.47 bits per heavy atom. The maximum atomic E-state index is 10.4. The van der Waals surface area contributed by atoms with Crippen LogP contribution >= 0.6 is 0 Å². The lowest BCUT2D eigenvalue weighted by atomic mass is 10.3. The highest BCUT2D eigenvalue weighted by molar-refractivity contribution is 5.37. The molecule has 6 nitrogen and oxygen atoms in total. The van der Waals surface area contributed by atoms with E-state index in [4.69, 9.17) is 14.4 Å². The van der Waals surface area contributed by atoms with Gasteiger partial charge in [-0.05, 0) is 18.2 Å². The van der Waals surface area contributed by atoms with Crippen LogP contribution in [0, 0.1) is 21.4 Å². The third-order valence-electron chi connectivity index (χ3n) is 1.96. The van der Waals surface area contributed by atoms with E-state index in [1.807, 2.05) is 6.07 Å². The van der Waals surface area contributed by atoms with Crippen molar-refractivity contribution in [3.05, 3.63) is 52.3 Å². The molecule has 0 unspecified atom stereocenters. The average molecular weight is 230 g/mol. The maximum Gasteiger partial charge on any atom is 0.291 e. The molecule has 0 atom stereocenters. The lowest BCUT2D eigenvalue weighted by molar-refractivity contribution is -0.384. The molecule has 0 spiro atoms. The van der Waals surface area contributed by atoms with E-state index in [2.05, 4.69) is 0 Å². The lowest BCUT2D eigenvalue weighted by Crippen LogP contribution is -1.87. The minimum atomic E-state index is -0.496. The molecule has 1 aromatic carbocycles. The van der Waals surface area contributed by atoms with Crippen LogP contribution in [0.3, 0.4) is 0 Å². The largest absolute Gasteiger partial charge is 0.426 e. The topological polar surface area (TPSA) is 89.3 Å².